The minimum atomic E-state index is -0.302. The standard InChI is InChI=1S/C17H22N4O2S/c1-11(2)16-20-14(10-24-16)7-8-19-17(23)21-13-6-4-5-12(9-13)15(22)18-3/h4-6,9-11H,7-8H2,1-3H3,(H,18,22)(H2,19,21,23). The summed E-state index contributed by atoms with van der Waals surface area (Å²) < 4.78 is 0. The average molecular weight is 346 g/mol. The van der Waals surface area contributed by atoms with E-state index in [-0.39, 0.29) is 11.9 Å². The molecular weight excluding hydrogens is 324 g/mol. The number of nitrogens with one attached hydrogen (secondary N) is 3. The van der Waals surface area contributed by atoms with Crippen LogP contribution in [0.25, 0.3) is 0 Å². The molecule has 0 saturated heterocycles. The fourth-order valence-corrected chi connectivity index (χ4v) is 2.93. The van der Waals surface area contributed by atoms with Gasteiger partial charge in [0.2, 0.25) is 0 Å². The number of aromatic nitrogens is 1. The van der Waals surface area contributed by atoms with Gasteiger partial charge in [0, 0.05) is 42.6 Å². The third-order valence-electron chi connectivity index (χ3n) is 3.34. The van der Waals surface area contributed by atoms with Gasteiger partial charge in [0.25, 0.3) is 5.91 Å². The molecule has 3 amide bonds. The summed E-state index contributed by atoms with van der Waals surface area (Å²) in [5.41, 5.74) is 2.06. The van der Waals surface area contributed by atoms with Crippen molar-refractivity contribution in [2.75, 3.05) is 18.9 Å². The van der Waals surface area contributed by atoms with Gasteiger partial charge >= 0.3 is 6.03 Å². The molecule has 2 aromatic rings. The second kappa shape index (κ2) is 8.44. The lowest BCUT2D eigenvalue weighted by Crippen LogP contribution is -2.30. The third kappa shape index (κ3) is 5.06. The number of urea groups is 1. The van der Waals surface area contributed by atoms with Gasteiger partial charge in [-0.15, -0.1) is 11.3 Å². The van der Waals surface area contributed by atoms with Crippen molar-refractivity contribution in [3.05, 3.63) is 45.9 Å². The normalized spacial score (nSPS) is 10.5. The highest BCUT2D eigenvalue weighted by Gasteiger charge is 2.08. The van der Waals surface area contributed by atoms with E-state index in [4.69, 9.17) is 0 Å². The van der Waals surface area contributed by atoms with Gasteiger partial charge in [-0.1, -0.05) is 19.9 Å². The molecule has 24 heavy (non-hydrogen) atoms. The molecule has 1 aromatic carbocycles. The predicted octanol–water partition coefficient (Wildman–Crippen LogP) is 2.99. The molecule has 1 aromatic heterocycles. The van der Waals surface area contributed by atoms with Crippen LogP contribution >= 0.6 is 11.3 Å². The van der Waals surface area contributed by atoms with Crippen LogP contribution in [0.1, 0.15) is 40.8 Å². The van der Waals surface area contributed by atoms with Gasteiger partial charge < -0.3 is 16.0 Å². The Labute approximate surface area is 145 Å². The Morgan fingerprint density at radius 2 is 2.08 bits per heavy atom. The molecule has 0 radical (unpaired) electrons. The van der Waals surface area contributed by atoms with E-state index in [0.717, 1.165) is 10.7 Å². The van der Waals surface area contributed by atoms with Gasteiger partial charge in [0.15, 0.2) is 0 Å². The number of rotatable bonds is 6. The van der Waals surface area contributed by atoms with E-state index in [9.17, 15) is 9.59 Å². The first kappa shape index (κ1) is 17.9. The highest BCUT2D eigenvalue weighted by molar-refractivity contribution is 7.09. The van der Waals surface area contributed by atoms with E-state index in [1.807, 2.05) is 5.38 Å². The van der Waals surface area contributed by atoms with Gasteiger partial charge in [-0.25, -0.2) is 9.78 Å². The van der Waals surface area contributed by atoms with Crippen LogP contribution in [-0.4, -0.2) is 30.5 Å². The van der Waals surface area contributed by atoms with Crippen molar-refractivity contribution >= 4 is 29.0 Å². The van der Waals surface area contributed by atoms with Gasteiger partial charge in [-0.05, 0) is 18.2 Å². The van der Waals surface area contributed by atoms with Crippen LogP contribution in [0.3, 0.4) is 0 Å². The molecule has 0 atom stereocenters. The lowest BCUT2D eigenvalue weighted by Gasteiger charge is -2.08. The zero-order valence-electron chi connectivity index (χ0n) is 14.1. The Hall–Kier alpha value is -2.41. The van der Waals surface area contributed by atoms with Crippen LogP contribution in [0.5, 0.6) is 0 Å². The minimum absolute atomic E-state index is 0.191. The molecule has 0 spiro atoms. The van der Waals surface area contributed by atoms with Crippen LogP contribution in [0, 0.1) is 0 Å². The Morgan fingerprint density at radius 1 is 1.29 bits per heavy atom. The Kier molecular flexibility index (Phi) is 6.31. The Bertz CT molecular complexity index is 712. The molecular formula is C17H22N4O2S. The second-order valence-electron chi connectivity index (χ2n) is 5.62. The molecule has 7 heteroatoms. The highest BCUT2D eigenvalue weighted by atomic mass is 32.1. The zero-order chi connectivity index (χ0) is 17.5. The maximum Gasteiger partial charge on any atom is 0.319 e. The second-order valence-corrected chi connectivity index (χ2v) is 6.51. The van der Waals surface area contributed by atoms with Crippen LogP contribution in [0.2, 0.25) is 0 Å². The molecule has 0 fully saturated rings. The molecule has 0 unspecified atom stereocenters. The number of hydrogen-bond acceptors (Lipinski definition) is 4. The van der Waals surface area contributed by atoms with Crippen LogP contribution in [0.15, 0.2) is 29.6 Å². The Morgan fingerprint density at radius 3 is 2.75 bits per heavy atom. The number of hydrogen-bond donors (Lipinski definition) is 3. The summed E-state index contributed by atoms with van der Waals surface area (Å²) in [4.78, 5) is 28.0. The summed E-state index contributed by atoms with van der Waals surface area (Å²) in [6.45, 7) is 4.73. The molecule has 0 aliphatic carbocycles. The highest BCUT2D eigenvalue weighted by Crippen LogP contribution is 2.19. The lowest BCUT2D eigenvalue weighted by atomic mass is 10.2. The first-order chi connectivity index (χ1) is 11.5. The van der Waals surface area contributed by atoms with Crippen LogP contribution in [0.4, 0.5) is 10.5 Å². The Balaban J connectivity index is 1.81. The summed E-state index contributed by atoms with van der Waals surface area (Å²) >= 11 is 1.65. The minimum Gasteiger partial charge on any atom is -0.355 e. The third-order valence-corrected chi connectivity index (χ3v) is 4.53. The summed E-state index contributed by atoms with van der Waals surface area (Å²) in [5, 5.41) is 11.2. The fraction of sp³-hybridized carbons (Fsp3) is 0.353. The largest absolute Gasteiger partial charge is 0.355 e. The first-order valence-corrected chi connectivity index (χ1v) is 8.69. The number of carbonyl (C=O) groups excluding carboxylic acids is 2. The SMILES string of the molecule is CNC(=O)c1cccc(NC(=O)NCCc2csc(C(C)C)n2)c1. The molecule has 128 valence electrons. The molecule has 3 N–H and O–H groups in total. The molecule has 0 aliphatic rings. The van der Waals surface area contributed by atoms with Crippen molar-refractivity contribution in [1.29, 1.82) is 0 Å². The summed E-state index contributed by atoms with van der Waals surface area (Å²) in [6, 6.07) is 6.48. The number of thiazole rings is 1. The van der Waals surface area contributed by atoms with Crippen LogP contribution < -0.4 is 16.0 Å². The van der Waals surface area contributed by atoms with Gasteiger partial charge in [-0.2, -0.15) is 0 Å². The molecule has 0 bridgehead atoms. The van der Waals surface area contributed by atoms with Crippen molar-refractivity contribution in [2.24, 2.45) is 0 Å². The van der Waals surface area contributed by atoms with Gasteiger partial charge in [0.1, 0.15) is 0 Å². The summed E-state index contributed by atoms with van der Waals surface area (Å²) in [7, 11) is 1.57. The zero-order valence-corrected chi connectivity index (χ0v) is 14.9. The topological polar surface area (TPSA) is 83.1 Å². The number of nitrogens with zero attached hydrogens (tertiary/aromatic N) is 1. The maximum absolute atomic E-state index is 11.9. The predicted molar refractivity (Wildman–Crippen MR) is 96.8 cm³/mol. The number of benzene rings is 1. The number of amides is 3. The maximum atomic E-state index is 11.9. The van der Waals surface area contributed by atoms with E-state index >= 15 is 0 Å². The van der Waals surface area contributed by atoms with Gasteiger partial charge in [-0.3, -0.25) is 4.79 Å². The number of anilines is 1. The van der Waals surface area contributed by atoms with Crippen LogP contribution in [-0.2, 0) is 6.42 Å². The number of carbonyl (C=O) groups is 2. The quantitative estimate of drug-likeness (QED) is 0.752. The monoisotopic (exact) mass is 346 g/mol. The molecule has 0 aliphatic heterocycles. The van der Waals surface area contributed by atoms with Crippen molar-refractivity contribution in [3.63, 3.8) is 0 Å². The van der Waals surface area contributed by atoms with E-state index in [0.29, 0.717) is 30.1 Å². The van der Waals surface area contributed by atoms with Gasteiger partial charge in [0.05, 0.1) is 10.7 Å². The first-order valence-electron chi connectivity index (χ1n) is 7.81. The van der Waals surface area contributed by atoms with Crippen molar-refractivity contribution < 1.29 is 9.59 Å². The lowest BCUT2D eigenvalue weighted by molar-refractivity contribution is 0.0963. The van der Waals surface area contributed by atoms with E-state index in [1.165, 1.54) is 0 Å². The molecule has 2 rings (SSSR count). The molecule has 6 nitrogen and oxygen atoms in total. The summed E-state index contributed by atoms with van der Waals surface area (Å²) in [5.74, 6) is 0.233. The smallest absolute Gasteiger partial charge is 0.319 e. The summed E-state index contributed by atoms with van der Waals surface area (Å²) in [6.07, 6.45) is 0.689. The van der Waals surface area contributed by atoms with E-state index in [2.05, 4.69) is 34.8 Å². The molecule has 0 saturated carbocycles. The average Bonchev–Trinajstić information content (AvgIpc) is 3.03. The van der Waals surface area contributed by atoms with Crippen molar-refractivity contribution in [2.45, 2.75) is 26.2 Å². The fourth-order valence-electron chi connectivity index (χ4n) is 2.06. The van der Waals surface area contributed by atoms with Crippen molar-refractivity contribution in [1.82, 2.24) is 15.6 Å². The van der Waals surface area contributed by atoms with E-state index in [1.54, 1.807) is 42.6 Å². The van der Waals surface area contributed by atoms with Crippen molar-refractivity contribution in [3.8, 4) is 0 Å². The van der Waals surface area contributed by atoms with E-state index < -0.39 is 0 Å². The molecule has 1 heterocycles.